The number of barbiturate groups is 1. The zero-order chi connectivity index (χ0) is 26.1. The molecule has 0 unspecified atom stereocenters. The minimum Gasteiger partial charge on any atom is -0.487 e. The van der Waals surface area contributed by atoms with Crippen LogP contribution in [0.25, 0.3) is 16.8 Å². The maximum atomic E-state index is 13.3. The maximum Gasteiger partial charge on any atom is 0.335 e. The van der Waals surface area contributed by atoms with Crippen LogP contribution in [0.4, 0.5) is 14.9 Å². The van der Waals surface area contributed by atoms with Crippen LogP contribution < -0.4 is 15.0 Å². The van der Waals surface area contributed by atoms with Gasteiger partial charge in [0.15, 0.2) is 0 Å². The Balaban J connectivity index is 1.41. The van der Waals surface area contributed by atoms with Crippen molar-refractivity contribution in [3.05, 3.63) is 109 Å². The first-order valence-electron chi connectivity index (χ1n) is 11.1. The Labute approximate surface area is 238 Å². The minimum absolute atomic E-state index is 0.156. The third-order valence-electron chi connectivity index (χ3n) is 5.77. The smallest absolute Gasteiger partial charge is 0.335 e. The molecule has 0 bridgehead atoms. The zero-order valence-electron chi connectivity index (χ0n) is 19.0. The largest absolute Gasteiger partial charge is 0.487 e. The molecular weight excluding hydrogens is 701 g/mol. The van der Waals surface area contributed by atoms with E-state index < -0.39 is 23.7 Å². The molecule has 1 aliphatic heterocycles. The molecule has 4 amide bonds. The van der Waals surface area contributed by atoms with Crippen molar-refractivity contribution >= 4 is 85.6 Å². The number of amides is 4. The fourth-order valence-corrected chi connectivity index (χ4v) is 6.15. The standard InChI is InChI=1S/C28H17FI2N2O4/c29-19-8-10-20(11-9-19)33-27(35)22(26(34)32-28(33)36)12-16-13-23(30)25(24(31)14-16)37-15-18-6-3-5-17-4-1-2-7-21(17)18/h1-14H,15H2,(H,32,34,36)/b22-12+. The van der Waals surface area contributed by atoms with Gasteiger partial charge in [-0.05, 0) is 110 Å². The summed E-state index contributed by atoms with van der Waals surface area (Å²) in [6.45, 7) is 0.378. The van der Waals surface area contributed by atoms with Gasteiger partial charge in [-0.15, -0.1) is 0 Å². The molecule has 4 aromatic carbocycles. The van der Waals surface area contributed by atoms with E-state index in [9.17, 15) is 18.8 Å². The van der Waals surface area contributed by atoms with Crippen molar-refractivity contribution in [1.29, 1.82) is 0 Å². The lowest BCUT2D eigenvalue weighted by Crippen LogP contribution is -2.54. The number of ether oxygens (including phenoxy) is 1. The van der Waals surface area contributed by atoms with Crippen molar-refractivity contribution in [3.63, 3.8) is 0 Å². The summed E-state index contributed by atoms with van der Waals surface area (Å²) in [5.74, 6) is -1.40. The van der Waals surface area contributed by atoms with E-state index in [-0.39, 0.29) is 11.3 Å². The van der Waals surface area contributed by atoms with Crippen LogP contribution in [0, 0.1) is 13.0 Å². The van der Waals surface area contributed by atoms with E-state index in [0.717, 1.165) is 40.5 Å². The van der Waals surface area contributed by atoms with Gasteiger partial charge in [0.1, 0.15) is 23.7 Å². The number of rotatable bonds is 5. The number of urea groups is 1. The van der Waals surface area contributed by atoms with Crippen LogP contribution in [-0.2, 0) is 16.2 Å². The Morgan fingerprint density at radius 3 is 2.30 bits per heavy atom. The summed E-state index contributed by atoms with van der Waals surface area (Å²) in [5, 5.41) is 4.43. The Morgan fingerprint density at radius 1 is 0.892 bits per heavy atom. The van der Waals surface area contributed by atoms with Crippen molar-refractivity contribution in [2.75, 3.05) is 4.90 Å². The van der Waals surface area contributed by atoms with Crippen LogP contribution >= 0.6 is 45.2 Å². The lowest BCUT2D eigenvalue weighted by Gasteiger charge is -2.26. The maximum absolute atomic E-state index is 13.3. The lowest BCUT2D eigenvalue weighted by molar-refractivity contribution is -0.122. The number of nitrogens with zero attached hydrogens (tertiary/aromatic N) is 1. The van der Waals surface area contributed by atoms with E-state index in [1.165, 1.54) is 18.2 Å². The van der Waals surface area contributed by atoms with Gasteiger partial charge in [0.2, 0.25) is 0 Å². The molecule has 1 saturated heterocycles. The second-order valence-corrected chi connectivity index (χ2v) is 10.5. The Hall–Kier alpha value is -3.32. The van der Waals surface area contributed by atoms with E-state index >= 15 is 0 Å². The van der Waals surface area contributed by atoms with Crippen molar-refractivity contribution in [1.82, 2.24) is 5.32 Å². The number of carbonyl (C=O) groups excluding carboxylic acids is 3. The summed E-state index contributed by atoms with van der Waals surface area (Å²) in [4.78, 5) is 38.8. The number of benzene rings is 4. The SMILES string of the molecule is O=C1NC(=O)N(c2ccc(F)cc2)C(=O)/C1=C/c1cc(I)c(OCc2cccc3ccccc23)c(I)c1. The van der Waals surface area contributed by atoms with Crippen molar-refractivity contribution < 1.29 is 23.5 Å². The first-order valence-corrected chi connectivity index (χ1v) is 13.2. The van der Waals surface area contributed by atoms with Gasteiger partial charge >= 0.3 is 6.03 Å². The van der Waals surface area contributed by atoms with Gasteiger partial charge < -0.3 is 4.74 Å². The predicted molar refractivity (Wildman–Crippen MR) is 156 cm³/mol. The molecule has 9 heteroatoms. The second kappa shape index (κ2) is 10.6. The minimum atomic E-state index is -0.889. The Morgan fingerprint density at radius 2 is 1.57 bits per heavy atom. The molecule has 1 heterocycles. The Bertz CT molecular complexity index is 1570. The number of anilines is 1. The highest BCUT2D eigenvalue weighted by Gasteiger charge is 2.36. The van der Waals surface area contributed by atoms with E-state index in [0.29, 0.717) is 17.9 Å². The van der Waals surface area contributed by atoms with Crippen LogP contribution in [-0.4, -0.2) is 17.8 Å². The van der Waals surface area contributed by atoms with Crippen LogP contribution in [0.1, 0.15) is 11.1 Å². The van der Waals surface area contributed by atoms with Crippen molar-refractivity contribution in [2.45, 2.75) is 6.61 Å². The molecule has 6 nitrogen and oxygen atoms in total. The molecule has 4 aromatic rings. The normalized spacial score (nSPS) is 14.8. The zero-order valence-corrected chi connectivity index (χ0v) is 23.3. The summed E-state index contributed by atoms with van der Waals surface area (Å²) >= 11 is 4.30. The van der Waals surface area contributed by atoms with E-state index in [2.05, 4.69) is 68.7 Å². The van der Waals surface area contributed by atoms with Gasteiger partial charge in [-0.1, -0.05) is 42.5 Å². The monoisotopic (exact) mass is 718 g/mol. The van der Waals surface area contributed by atoms with Crippen LogP contribution in [0.3, 0.4) is 0 Å². The van der Waals surface area contributed by atoms with Gasteiger partial charge in [0.25, 0.3) is 11.8 Å². The molecule has 1 fully saturated rings. The fraction of sp³-hybridized carbons (Fsp3) is 0.0357. The van der Waals surface area contributed by atoms with Crippen LogP contribution in [0.2, 0.25) is 0 Å². The summed E-state index contributed by atoms with van der Waals surface area (Å²) < 4.78 is 21.1. The molecule has 37 heavy (non-hydrogen) atoms. The molecule has 0 radical (unpaired) electrons. The third kappa shape index (κ3) is 5.23. The first kappa shape index (κ1) is 25.3. The number of imide groups is 2. The van der Waals surface area contributed by atoms with Gasteiger partial charge in [-0.2, -0.15) is 0 Å². The quantitative estimate of drug-likeness (QED) is 0.147. The van der Waals surface area contributed by atoms with E-state index in [1.807, 2.05) is 24.3 Å². The van der Waals surface area contributed by atoms with E-state index in [4.69, 9.17) is 4.74 Å². The molecule has 5 rings (SSSR count). The average Bonchev–Trinajstić information content (AvgIpc) is 2.87. The van der Waals surface area contributed by atoms with Crippen LogP contribution in [0.15, 0.2) is 84.4 Å². The molecule has 0 atom stereocenters. The molecular formula is C28H17FI2N2O4. The molecule has 1 aliphatic rings. The first-order chi connectivity index (χ1) is 17.8. The molecule has 0 saturated carbocycles. The van der Waals surface area contributed by atoms with E-state index in [1.54, 1.807) is 12.1 Å². The highest BCUT2D eigenvalue weighted by molar-refractivity contribution is 14.1. The Kier molecular flexibility index (Phi) is 7.24. The molecule has 0 aliphatic carbocycles. The average molecular weight is 718 g/mol. The number of carbonyl (C=O) groups is 3. The molecule has 0 spiro atoms. The third-order valence-corrected chi connectivity index (χ3v) is 7.37. The molecule has 184 valence electrons. The number of hydrogen-bond acceptors (Lipinski definition) is 4. The summed E-state index contributed by atoms with van der Waals surface area (Å²) in [6, 6.07) is 21.8. The van der Waals surface area contributed by atoms with Crippen molar-refractivity contribution in [2.24, 2.45) is 0 Å². The summed E-state index contributed by atoms with van der Waals surface area (Å²) in [7, 11) is 0. The van der Waals surface area contributed by atoms with Gasteiger partial charge in [0.05, 0.1) is 12.8 Å². The molecule has 0 aromatic heterocycles. The second-order valence-electron chi connectivity index (χ2n) is 8.17. The number of halogens is 3. The number of fused-ring (bicyclic) bond motifs is 1. The number of hydrogen-bond donors (Lipinski definition) is 1. The lowest BCUT2D eigenvalue weighted by atomic mass is 10.1. The van der Waals surface area contributed by atoms with Crippen LogP contribution in [0.5, 0.6) is 5.75 Å². The highest BCUT2D eigenvalue weighted by atomic mass is 127. The highest BCUT2D eigenvalue weighted by Crippen LogP contribution is 2.32. The molecule has 1 N–H and O–H groups in total. The number of nitrogens with one attached hydrogen (secondary N) is 1. The summed E-state index contributed by atoms with van der Waals surface area (Å²) in [5.41, 5.74) is 1.60. The fourth-order valence-electron chi connectivity index (χ4n) is 4.02. The van der Waals surface area contributed by atoms with Gasteiger partial charge in [0, 0.05) is 0 Å². The van der Waals surface area contributed by atoms with Crippen molar-refractivity contribution in [3.8, 4) is 5.75 Å². The summed E-state index contributed by atoms with van der Waals surface area (Å²) in [6.07, 6.45) is 1.43. The van der Waals surface area contributed by atoms with Gasteiger partial charge in [-0.25, -0.2) is 14.1 Å². The van der Waals surface area contributed by atoms with Gasteiger partial charge in [-0.3, -0.25) is 14.9 Å². The predicted octanol–water partition coefficient (Wildman–Crippen LogP) is 6.43. The topological polar surface area (TPSA) is 75.7 Å².